The van der Waals surface area contributed by atoms with Gasteiger partial charge in [0.1, 0.15) is 12.5 Å². The summed E-state index contributed by atoms with van der Waals surface area (Å²) < 4.78 is 50.9. The lowest BCUT2D eigenvalue weighted by atomic mass is 10.2. The van der Waals surface area contributed by atoms with Gasteiger partial charge in [-0.1, -0.05) is 0 Å². The average Bonchev–Trinajstić information content (AvgIpc) is 3.30. The van der Waals surface area contributed by atoms with Crippen LogP contribution in [0.2, 0.25) is 0 Å². The number of pyridine rings is 2. The average molecular weight is 572 g/mol. The molecule has 3 aromatic rings. The lowest BCUT2D eigenvalue weighted by Crippen LogP contribution is -2.41. The lowest BCUT2D eigenvalue weighted by Gasteiger charge is -2.24. The van der Waals surface area contributed by atoms with E-state index in [1.165, 1.54) is 24.2 Å². The number of hydrogen-bond donors (Lipinski definition) is 2. The number of nitrogens with two attached hydrogens (primary N) is 1. The number of aromatic nitrogens is 4. The van der Waals surface area contributed by atoms with Gasteiger partial charge in [-0.15, -0.1) is 0 Å². The first-order chi connectivity index (χ1) is 18.3. The minimum atomic E-state index is -4.54. The number of hydrogen-bond acceptors (Lipinski definition) is 8. The van der Waals surface area contributed by atoms with E-state index in [-0.39, 0.29) is 43.6 Å². The van der Waals surface area contributed by atoms with Gasteiger partial charge < -0.3 is 25.4 Å². The quantitative estimate of drug-likeness (QED) is 0.265. The summed E-state index contributed by atoms with van der Waals surface area (Å²) in [5, 5.41) is 7.31. The molecule has 0 saturated carbocycles. The van der Waals surface area contributed by atoms with Gasteiger partial charge in [-0.25, -0.2) is 19.7 Å². The fraction of sp³-hybridized carbons (Fsp3) is 0.458. The summed E-state index contributed by atoms with van der Waals surface area (Å²) >= 11 is 0. The molecule has 214 valence electrons. The zero-order chi connectivity index (χ0) is 28.8. The van der Waals surface area contributed by atoms with E-state index in [4.69, 9.17) is 15.2 Å². The van der Waals surface area contributed by atoms with Crippen molar-refractivity contribution in [3.8, 4) is 0 Å². The van der Waals surface area contributed by atoms with Crippen molar-refractivity contribution in [1.29, 1.82) is 0 Å². The van der Waals surface area contributed by atoms with Crippen LogP contribution in [0.5, 0.6) is 0 Å². The third-order valence-electron chi connectivity index (χ3n) is 5.56. The van der Waals surface area contributed by atoms with Crippen molar-refractivity contribution in [2.45, 2.75) is 19.5 Å². The zero-order valence-electron chi connectivity index (χ0n) is 22.1. The highest BCUT2D eigenvalue weighted by molar-refractivity contribution is 8.32. The number of halogens is 3. The van der Waals surface area contributed by atoms with Gasteiger partial charge in [-0.2, -0.15) is 18.3 Å². The second-order valence-corrected chi connectivity index (χ2v) is 14.1. The summed E-state index contributed by atoms with van der Waals surface area (Å²) in [7, 11) is 0.677. The Bertz CT molecular complexity index is 1290. The van der Waals surface area contributed by atoms with Crippen molar-refractivity contribution in [3.05, 3.63) is 42.0 Å². The first-order valence-corrected chi connectivity index (χ1v) is 14.8. The Labute approximate surface area is 225 Å². The Morgan fingerprint density at radius 2 is 1.87 bits per heavy atom. The predicted molar refractivity (Wildman–Crippen MR) is 143 cm³/mol. The zero-order valence-corrected chi connectivity index (χ0v) is 22.9. The van der Waals surface area contributed by atoms with E-state index in [9.17, 15) is 22.8 Å². The Kier molecular flexibility index (Phi) is 9.74. The smallest absolute Gasteiger partial charge is 0.383 e. The van der Waals surface area contributed by atoms with Crippen molar-refractivity contribution >= 4 is 44.3 Å². The SMILES string of the molecule is COCCN(Cc1ccc(C(F)(F)F)cn1)C(=O)C(=O)Nc1cnc(N)c2cnn(COCCS(C)(C)C)c12. The molecule has 0 bridgehead atoms. The van der Waals surface area contributed by atoms with Crippen LogP contribution in [-0.2, 0) is 38.5 Å². The molecule has 2 amide bonds. The molecule has 0 radical (unpaired) electrons. The molecule has 0 fully saturated rings. The monoisotopic (exact) mass is 571 g/mol. The molecule has 3 rings (SSSR count). The van der Waals surface area contributed by atoms with Gasteiger partial charge in [0.05, 0.1) is 60.0 Å². The van der Waals surface area contributed by atoms with Crippen LogP contribution in [0, 0.1) is 0 Å². The number of nitrogen functional groups attached to an aromatic ring is 1. The minimum absolute atomic E-state index is 0.00237. The number of rotatable bonds is 11. The lowest BCUT2D eigenvalue weighted by molar-refractivity contribution is -0.144. The van der Waals surface area contributed by atoms with Crippen molar-refractivity contribution in [2.24, 2.45) is 0 Å². The number of fused-ring (bicyclic) bond motifs is 1. The van der Waals surface area contributed by atoms with Crippen LogP contribution in [0.3, 0.4) is 0 Å². The molecular formula is C24H32F3N7O4S. The topological polar surface area (TPSA) is 137 Å². The molecule has 0 saturated heterocycles. The number of methoxy groups -OCH3 is 1. The molecule has 0 unspecified atom stereocenters. The number of carbonyl (C=O) groups is 2. The van der Waals surface area contributed by atoms with Crippen LogP contribution in [0.4, 0.5) is 24.7 Å². The third kappa shape index (κ3) is 8.28. The number of alkyl halides is 3. The Morgan fingerprint density at radius 1 is 1.13 bits per heavy atom. The van der Waals surface area contributed by atoms with Crippen LogP contribution in [0.25, 0.3) is 10.9 Å². The van der Waals surface area contributed by atoms with Gasteiger partial charge in [0.15, 0.2) is 0 Å². The Morgan fingerprint density at radius 3 is 2.49 bits per heavy atom. The Balaban J connectivity index is 1.77. The summed E-state index contributed by atoms with van der Waals surface area (Å²) in [6.45, 7) is 0.507. The second kappa shape index (κ2) is 12.6. The summed E-state index contributed by atoms with van der Waals surface area (Å²) in [6, 6.07) is 2.02. The van der Waals surface area contributed by atoms with E-state index in [0.717, 1.165) is 22.8 Å². The maximum Gasteiger partial charge on any atom is 0.417 e. The molecule has 0 atom stereocenters. The molecule has 3 heterocycles. The maximum absolute atomic E-state index is 13.1. The Hall–Kier alpha value is -3.43. The fourth-order valence-electron chi connectivity index (χ4n) is 3.43. The number of carbonyl (C=O) groups excluding carboxylic acids is 2. The first kappa shape index (κ1) is 30.1. The maximum atomic E-state index is 13.1. The number of nitrogens with zero attached hydrogens (tertiary/aromatic N) is 5. The number of amides is 2. The van der Waals surface area contributed by atoms with Crippen LogP contribution in [0.15, 0.2) is 30.7 Å². The molecule has 0 aromatic carbocycles. The molecule has 39 heavy (non-hydrogen) atoms. The predicted octanol–water partition coefficient (Wildman–Crippen LogP) is 2.71. The summed E-state index contributed by atoms with van der Waals surface area (Å²) in [5.41, 5.74) is 5.86. The highest BCUT2D eigenvalue weighted by Gasteiger charge is 2.31. The van der Waals surface area contributed by atoms with Crippen LogP contribution in [0.1, 0.15) is 11.3 Å². The van der Waals surface area contributed by atoms with Gasteiger partial charge >= 0.3 is 18.0 Å². The fourth-order valence-corrected chi connectivity index (χ4v) is 4.04. The normalized spacial score (nSPS) is 12.5. The van der Waals surface area contributed by atoms with E-state index in [1.807, 2.05) is 0 Å². The molecule has 11 nitrogen and oxygen atoms in total. The first-order valence-electron chi connectivity index (χ1n) is 11.7. The van der Waals surface area contributed by atoms with E-state index < -0.39 is 33.6 Å². The van der Waals surface area contributed by atoms with Gasteiger partial charge in [0.2, 0.25) is 0 Å². The summed E-state index contributed by atoms with van der Waals surface area (Å²) in [5.74, 6) is -0.834. The van der Waals surface area contributed by atoms with Crippen LogP contribution in [-0.4, -0.2) is 87.9 Å². The van der Waals surface area contributed by atoms with E-state index >= 15 is 0 Å². The molecule has 0 spiro atoms. The molecule has 0 aliphatic rings. The standard InChI is InChI=1S/C24H32F3N7O4S/c1-37-8-7-33(14-17-6-5-16(11-29-17)24(25,26)27)23(36)22(35)32-19-13-30-21(28)18-12-31-34(20(18)19)15-38-9-10-39(2,3)4/h5-6,11-13H,7-10,14-15H2,1-4H3,(H2,28,30)(H,32,35). The largest absolute Gasteiger partial charge is 0.417 e. The second-order valence-electron chi connectivity index (χ2n) is 9.51. The van der Waals surface area contributed by atoms with Crippen molar-refractivity contribution in [2.75, 3.05) is 62.4 Å². The molecule has 15 heteroatoms. The van der Waals surface area contributed by atoms with Gasteiger partial charge in [-0.05, 0) is 30.9 Å². The molecule has 0 aliphatic heterocycles. The van der Waals surface area contributed by atoms with Crippen molar-refractivity contribution in [3.63, 3.8) is 0 Å². The van der Waals surface area contributed by atoms with E-state index in [1.54, 1.807) is 0 Å². The number of nitrogens with one attached hydrogen (secondary N) is 1. The highest BCUT2D eigenvalue weighted by atomic mass is 32.3. The molecule has 3 N–H and O–H groups in total. The third-order valence-corrected chi connectivity index (χ3v) is 6.95. The summed E-state index contributed by atoms with van der Waals surface area (Å²) in [4.78, 5) is 35.1. The highest BCUT2D eigenvalue weighted by Crippen LogP contribution is 2.34. The number of ether oxygens (including phenoxy) is 2. The van der Waals surface area contributed by atoms with E-state index in [2.05, 4.69) is 39.2 Å². The minimum Gasteiger partial charge on any atom is -0.383 e. The van der Waals surface area contributed by atoms with Crippen LogP contribution >= 0.6 is 10.0 Å². The van der Waals surface area contributed by atoms with Crippen LogP contribution < -0.4 is 11.1 Å². The van der Waals surface area contributed by atoms with Gasteiger partial charge in [0, 0.05) is 25.6 Å². The van der Waals surface area contributed by atoms with Gasteiger partial charge in [0.25, 0.3) is 0 Å². The van der Waals surface area contributed by atoms with Crippen molar-refractivity contribution in [1.82, 2.24) is 24.6 Å². The molecule has 0 aliphatic carbocycles. The summed E-state index contributed by atoms with van der Waals surface area (Å²) in [6.07, 6.45) is 5.49. The van der Waals surface area contributed by atoms with Gasteiger partial charge in [-0.3, -0.25) is 14.6 Å². The van der Waals surface area contributed by atoms with Crippen molar-refractivity contribution < 1.29 is 32.2 Å². The molecular weight excluding hydrogens is 539 g/mol. The number of anilines is 2. The molecule has 3 aromatic heterocycles. The van der Waals surface area contributed by atoms with E-state index in [0.29, 0.717) is 23.7 Å².